The van der Waals surface area contributed by atoms with Gasteiger partial charge in [0.2, 0.25) is 0 Å². The van der Waals surface area contributed by atoms with Crippen LogP contribution in [-0.2, 0) is 0 Å². The van der Waals surface area contributed by atoms with E-state index in [-0.39, 0.29) is 5.91 Å². The third-order valence-electron chi connectivity index (χ3n) is 7.04. The number of hydrogen-bond acceptors (Lipinski definition) is 2. The highest BCUT2D eigenvalue weighted by molar-refractivity contribution is 5.95. The van der Waals surface area contributed by atoms with Crippen molar-refractivity contribution in [3.63, 3.8) is 0 Å². The van der Waals surface area contributed by atoms with Crippen LogP contribution in [0.3, 0.4) is 0 Å². The smallest absolute Gasteiger partial charge is 0.251 e. The van der Waals surface area contributed by atoms with Gasteiger partial charge in [-0.15, -0.1) is 0 Å². The predicted molar refractivity (Wildman–Crippen MR) is 109 cm³/mol. The van der Waals surface area contributed by atoms with E-state index >= 15 is 0 Å². The van der Waals surface area contributed by atoms with Crippen LogP contribution < -0.4 is 10.6 Å². The summed E-state index contributed by atoms with van der Waals surface area (Å²) < 4.78 is 0. The highest BCUT2D eigenvalue weighted by Gasteiger charge is 2.53. The second-order valence-corrected chi connectivity index (χ2v) is 8.53. The average molecular weight is 361 g/mol. The van der Waals surface area contributed by atoms with Gasteiger partial charge in [0.25, 0.3) is 5.91 Å². The molecule has 2 aliphatic carbocycles. The van der Waals surface area contributed by atoms with Crippen LogP contribution in [0.15, 0.2) is 48.5 Å². The molecule has 1 aliphatic heterocycles. The quantitative estimate of drug-likeness (QED) is 0.794. The Labute approximate surface area is 161 Å². The first-order valence-corrected chi connectivity index (χ1v) is 10.5. The lowest BCUT2D eigenvalue weighted by molar-refractivity contribution is 0.0953. The van der Waals surface area contributed by atoms with Crippen molar-refractivity contribution in [1.29, 1.82) is 0 Å². The Morgan fingerprint density at radius 1 is 1.11 bits per heavy atom. The molecule has 2 saturated carbocycles. The zero-order valence-corrected chi connectivity index (χ0v) is 15.9. The van der Waals surface area contributed by atoms with Gasteiger partial charge in [-0.3, -0.25) is 4.79 Å². The predicted octanol–water partition coefficient (Wildman–Crippen LogP) is 5.12. The highest BCUT2D eigenvalue weighted by Crippen LogP contribution is 2.63. The summed E-state index contributed by atoms with van der Waals surface area (Å²) in [6.07, 6.45) is 5.03. The minimum Gasteiger partial charge on any atom is -0.378 e. The Kier molecular flexibility index (Phi) is 4.18. The molecule has 2 bridgehead atoms. The van der Waals surface area contributed by atoms with E-state index < -0.39 is 0 Å². The summed E-state index contributed by atoms with van der Waals surface area (Å²) in [5, 5.41) is 6.87. The lowest BCUT2D eigenvalue weighted by Crippen LogP contribution is -2.35. The van der Waals surface area contributed by atoms with Gasteiger partial charge in [-0.1, -0.05) is 37.3 Å². The Morgan fingerprint density at radius 2 is 1.93 bits per heavy atom. The van der Waals surface area contributed by atoms with Crippen molar-refractivity contribution >= 4 is 11.6 Å². The van der Waals surface area contributed by atoms with Crippen LogP contribution in [0, 0.1) is 17.8 Å². The molecule has 1 heterocycles. The van der Waals surface area contributed by atoms with Crippen molar-refractivity contribution in [2.24, 2.45) is 17.8 Å². The number of rotatable bonds is 4. The molecule has 2 N–H and O–H groups in total. The van der Waals surface area contributed by atoms with Gasteiger partial charge in [-0.05, 0) is 78.7 Å². The summed E-state index contributed by atoms with van der Waals surface area (Å²) in [5.41, 5.74) is 4.81. The van der Waals surface area contributed by atoms with Gasteiger partial charge < -0.3 is 10.6 Å². The van der Waals surface area contributed by atoms with E-state index in [2.05, 4.69) is 60.0 Å². The van der Waals surface area contributed by atoms with Crippen molar-refractivity contribution in [3.05, 3.63) is 65.2 Å². The molecule has 0 radical (unpaired) electrons. The topological polar surface area (TPSA) is 41.1 Å². The van der Waals surface area contributed by atoms with Crippen LogP contribution in [0.25, 0.3) is 0 Å². The molecule has 140 valence electrons. The molecule has 0 spiro atoms. The number of fused-ring (bicyclic) bond motifs is 7. The summed E-state index contributed by atoms with van der Waals surface area (Å²) in [7, 11) is 0. The van der Waals surface area contributed by atoms with E-state index in [1.165, 1.54) is 36.1 Å². The second kappa shape index (κ2) is 6.70. The Morgan fingerprint density at radius 3 is 2.74 bits per heavy atom. The number of amides is 1. The zero-order chi connectivity index (χ0) is 18.4. The molecule has 27 heavy (non-hydrogen) atoms. The fourth-order valence-electron chi connectivity index (χ4n) is 5.96. The average Bonchev–Trinajstić information content (AvgIpc) is 3.34. The van der Waals surface area contributed by atoms with Crippen LogP contribution in [0.4, 0.5) is 5.69 Å². The van der Waals surface area contributed by atoms with Crippen molar-refractivity contribution in [3.8, 4) is 0 Å². The van der Waals surface area contributed by atoms with E-state index in [1.54, 1.807) is 0 Å². The minimum absolute atomic E-state index is 0.0598. The van der Waals surface area contributed by atoms with Crippen molar-refractivity contribution in [2.45, 2.75) is 44.6 Å². The minimum atomic E-state index is 0.0598. The van der Waals surface area contributed by atoms with Gasteiger partial charge in [-0.25, -0.2) is 0 Å². The summed E-state index contributed by atoms with van der Waals surface area (Å²) >= 11 is 0. The van der Waals surface area contributed by atoms with Gasteiger partial charge in [-0.2, -0.15) is 0 Å². The molecule has 0 unspecified atom stereocenters. The van der Waals surface area contributed by atoms with E-state index in [0.29, 0.717) is 17.9 Å². The van der Waals surface area contributed by atoms with Crippen LogP contribution >= 0.6 is 0 Å². The molecule has 3 aliphatic rings. The van der Waals surface area contributed by atoms with Gasteiger partial charge in [0.15, 0.2) is 0 Å². The van der Waals surface area contributed by atoms with Crippen LogP contribution in [0.2, 0.25) is 0 Å². The third-order valence-corrected chi connectivity index (χ3v) is 7.04. The molecule has 2 aromatic rings. The largest absolute Gasteiger partial charge is 0.378 e. The normalized spacial score (nSPS) is 30.3. The molecule has 2 aromatic carbocycles. The van der Waals surface area contributed by atoms with Crippen LogP contribution in [-0.4, -0.2) is 12.5 Å². The standard InChI is InChI=1S/C24H28N2O/c1-2-12-25-24(27)18-10-11-20-19(14-18)21-16-8-9-17(13-16)22(21)23(26-20)15-6-4-3-5-7-15/h3-7,10-11,14,16-17,21-23,26H,2,8-9,12-13H2,1H3,(H,25,27)/t16-,17-,21-,22+,23+/m1/s1. The van der Waals surface area contributed by atoms with Crippen LogP contribution in [0.5, 0.6) is 0 Å². The maximum Gasteiger partial charge on any atom is 0.251 e. The first-order valence-electron chi connectivity index (χ1n) is 10.5. The summed E-state index contributed by atoms with van der Waals surface area (Å²) in [6.45, 7) is 2.82. The monoisotopic (exact) mass is 360 g/mol. The summed E-state index contributed by atoms with van der Waals surface area (Å²) in [5.74, 6) is 2.88. The molecular weight excluding hydrogens is 332 g/mol. The second-order valence-electron chi connectivity index (χ2n) is 8.53. The van der Waals surface area contributed by atoms with Gasteiger partial charge in [0.05, 0.1) is 6.04 Å². The lowest BCUT2D eigenvalue weighted by atomic mass is 9.68. The fraction of sp³-hybridized carbons (Fsp3) is 0.458. The Hall–Kier alpha value is -2.29. The van der Waals surface area contributed by atoms with Crippen molar-refractivity contribution in [2.75, 3.05) is 11.9 Å². The SMILES string of the molecule is CCCNC(=O)c1ccc2c(c1)[C@H]1[C@@H]3CC[C@H](C3)[C@@H]1[C@H](c1ccccc1)N2. The van der Waals surface area contributed by atoms with Crippen molar-refractivity contribution in [1.82, 2.24) is 5.32 Å². The highest BCUT2D eigenvalue weighted by atomic mass is 16.1. The van der Waals surface area contributed by atoms with Gasteiger partial charge in [0.1, 0.15) is 0 Å². The number of carbonyl (C=O) groups excluding carboxylic acids is 1. The van der Waals surface area contributed by atoms with Gasteiger partial charge >= 0.3 is 0 Å². The molecule has 2 fully saturated rings. The van der Waals surface area contributed by atoms with Crippen LogP contribution in [0.1, 0.15) is 66.1 Å². The lowest BCUT2D eigenvalue weighted by Gasteiger charge is -2.43. The first kappa shape index (κ1) is 16.9. The fourth-order valence-corrected chi connectivity index (χ4v) is 5.96. The number of hydrogen-bond donors (Lipinski definition) is 2. The number of carbonyl (C=O) groups is 1. The van der Waals surface area contributed by atoms with E-state index in [1.807, 2.05) is 6.07 Å². The molecule has 5 rings (SSSR count). The van der Waals surface area contributed by atoms with E-state index in [4.69, 9.17) is 0 Å². The molecule has 0 saturated heterocycles. The number of anilines is 1. The molecule has 0 aromatic heterocycles. The van der Waals surface area contributed by atoms with Crippen molar-refractivity contribution < 1.29 is 4.79 Å². The molecule has 3 heteroatoms. The molecule has 1 amide bonds. The maximum atomic E-state index is 12.5. The first-order chi connectivity index (χ1) is 13.3. The van der Waals surface area contributed by atoms with Gasteiger partial charge in [0, 0.05) is 17.8 Å². The summed E-state index contributed by atoms with van der Waals surface area (Å²) in [4.78, 5) is 12.5. The number of benzene rings is 2. The molecule has 5 atom stereocenters. The third kappa shape index (κ3) is 2.75. The zero-order valence-electron chi connectivity index (χ0n) is 15.9. The maximum absolute atomic E-state index is 12.5. The summed E-state index contributed by atoms with van der Waals surface area (Å²) in [6, 6.07) is 17.6. The molecule has 3 nitrogen and oxygen atoms in total. The van der Waals surface area contributed by atoms with E-state index in [0.717, 1.165) is 30.4 Å². The molecular formula is C24H28N2O. The number of nitrogens with one attached hydrogen (secondary N) is 2. The Bertz CT molecular complexity index is 847. The van der Waals surface area contributed by atoms with E-state index in [9.17, 15) is 4.79 Å². The Balaban J connectivity index is 1.53.